The Balaban J connectivity index is 2.49. The van der Waals surface area contributed by atoms with Gasteiger partial charge in [-0.2, -0.15) is 0 Å². The van der Waals surface area contributed by atoms with Gasteiger partial charge in [0.25, 0.3) is 5.91 Å². The molecule has 1 amide bonds. The van der Waals surface area contributed by atoms with Crippen molar-refractivity contribution >= 4 is 17.5 Å². The summed E-state index contributed by atoms with van der Waals surface area (Å²) in [6.07, 6.45) is 1.72. The number of methoxy groups -OCH3 is 1. The summed E-state index contributed by atoms with van der Waals surface area (Å²) >= 11 is 5.84. The quantitative estimate of drug-likeness (QED) is 0.757. The zero-order chi connectivity index (χ0) is 14.3. The zero-order valence-electron chi connectivity index (χ0n) is 11.3. The maximum Gasteiger partial charge on any atom is 0.255 e. The maximum absolute atomic E-state index is 12.0. The summed E-state index contributed by atoms with van der Waals surface area (Å²) in [6.45, 7) is 2.73. The van der Waals surface area contributed by atoms with Crippen molar-refractivity contribution in [2.24, 2.45) is 5.92 Å². The van der Waals surface area contributed by atoms with E-state index in [1.807, 2.05) is 6.92 Å². The predicted molar refractivity (Wildman–Crippen MR) is 75.8 cm³/mol. The highest BCUT2D eigenvalue weighted by atomic mass is 35.5. The molecular formula is C14H20ClNO3. The zero-order valence-corrected chi connectivity index (χ0v) is 12.0. The minimum Gasteiger partial charge on any atom is -0.496 e. The van der Waals surface area contributed by atoms with Gasteiger partial charge in [-0.05, 0) is 37.0 Å². The monoisotopic (exact) mass is 285 g/mol. The SMILES string of the molecule is COc1cc(Cl)ccc1C(=O)NCCCC(C)CO. The number of hydrogen-bond donors (Lipinski definition) is 2. The molecule has 0 bridgehead atoms. The van der Waals surface area contributed by atoms with Crippen LogP contribution in [0.5, 0.6) is 5.75 Å². The smallest absolute Gasteiger partial charge is 0.255 e. The van der Waals surface area contributed by atoms with Crippen molar-refractivity contribution in [3.8, 4) is 5.75 Å². The van der Waals surface area contributed by atoms with E-state index in [1.165, 1.54) is 7.11 Å². The third-order valence-electron chi connectivity index (χ3n) is 2.88. The summed E-state index contributed by atoms with van der Waals surface area (Å²) in [5.41, 5.74) is 0.474. The fourth-order valence-corrected chi connectivity index (χ4v) is 1.85. The Bertz CT molecular complexity index is 423. The molecule has 0 heterocycles. The van der Waals surface area contributed by atoms with E-state index in [9.17, 15) is 4.79 Å². The average Bonchev–Trinajstić information content (AvgIpc) is 2.42. The van der Waals surface area contributed by atoms with Gasteiger partial charge in [0.15, 0.2) is 0 Å². The van der Waals surface area contributed by atoms with Gasteiger partial charge in [-0.15, -0.1) is 0 Å². The van der Waals surface area contributed by atoms with E-state index >= 15 is 0 Å². The molecular weight excluding hydrogens is 266 g/mol. The van der Waals surface area contributed by atoms with Crippen molar-refractivity contribution in [1.29, 1.82) is 0 Å². The highest BCUT2D eigenvalue weighted by molar-refractivity contribution is 6.30. The number of aliphatic hydroxyl groups excluding tert-OH is 1. The lowest BCUT2D eigenvalue weighted by Gasteiger charge is -2.11. The molecule has 1 aromatic rings. The van der Waals surface area contributed by atoms with Crippen LogP contribution in [0.15, 0.2) is 18.2 Å². The standard InChI is InChI=1S/C14H20ClNO3/c1-10(9-17)4-3-7-16-14(18)12-6-5-11(15)8-13(12)19-2/h5-6,8,10,17H,3-4,7,9H2,1-2H3,(H,16,18). The van der Waals surface area contributed by atoms with Crippen molar-refractivity contribution in [3.63, 3.8) is 0 Å². The maximum atomic E-state index is 12.0. The molecule has 5 heteroatoms. The Morgan fingerprint density at radius 2 is 2.26 bits per heavy atom. The first-order chi connectivity index (χ1) is 9.08. The molecule has 1 aromatic carbocycles. The number of ether oxygens (including phenoxy) is 1. The third-order valence-corrected chi connectivity index (χ3v) is 3.11. The van der Waals surface area contributed by atoms with Gasteiger partial charge in [0.1, 0.15) is 5.75 Å². The largest absolute Gasteiger partial charge is 0.496 e. The Morgan fingerprint density at radius 1 is 1.53 bits per heavy atom. The normalized spacial score (nSPS) is 12.0. The van der Waals surface area contributed by atoms with E-state index in [1.54, 1.807) is 18.2 Å². The van der Waals surface area contributed by atoms with E-state index in [2.05, 4.69) is 5.32 Å². The number of amides is 1. The number of hydrogen-bond acceptors (Lipinski definition) is 3. The molecule has 0 aromatic heterocycles. The number of benzene rings is 1. The summed E-state index contributed by atoms with van der Waals surface area (Å²) in [7, 11) is 1.51. The van der Waals surface area contributed by atoms with Crippen molar-refractivity contribution in [2.75, 3.05) is 20.3 Å². The summed E-state index contributed by atoms with van der Waals surface area (Å²) < 4.78 is 5.13. The van der Waals surface area contributed by atoms with Crippen molar-refractivity contribution in [2.45, 2.75) is 19.8 Å². The van der Waals surface area contributed by atoms with E-state index in [0.29, 0.717) is 22.9 Å². The van der Waals surface area contributed by atoms with Gasteiger partial charge in [0.2, 0.25) is 0 Å². The Hall–Kier alpha value is -1.26. The van der Waals surface area contributed by atoms with Crippen LogP contribution in [0.1, 0.15) is 30.1 Å². The lowest BCUT2D eigenvalue weighted by Crippen LogP contribution is -2.25. The molecule has 0 saturated carbocycles. The van der Waals surface area contributed by atoms with E-state index < -0.39 is 0 Å². The molecule has 1 atom stereocenters. The first kappa shape index (κ1) is 15.8. The van der Waals surface area contributed by atoms with Crippen LogP contribution in [0.2, 0.25) is 5.02 Å². The fraction of sp³-hybridized carbons (Fsp3) is 0.500. The summed E-state index contributed by atoms with van der Waals surface area (Å²) in [5, 5.41) is 12.3. The van der Waals surface area contributed by atoms with Crippen molar-refractivity contribution in [3.05, 3.63) is 28.8 Å². The molecule has 2 N–H and O–H groups in total. The number of carbonyl (C=O) groups excluding carboxylic acids is 1. The van der Waals surface area contributed by atoms with Crippen LogP contribution in [0.4, 0.5) is 0 Å². The van der Waals surface area contributed by atoms with Gasteiger partial charge in [0, 0.05) is 18.2 Å². The van der Waals surface area contributed by atoms with Crippen LogP contribution in [0, 0.1) is 5.92 Å². The van der Waals surface area contributed by atoms with E-state index in [0.717, 1.165) is 12.8 Å². The number of carbonyl (C=O) groups is 1. The van der Waals surface area contributed by atoms with E-state index in [-0.39, 0.29) is 18.4 Å². The van der Waals surface area contributed by atoms with Crippen LogP contribution < -0.4 is 10.1 Å². The highest BCUT2D eigenvalue weighted by Gasteiger charge is 2.12. The summed E-state index contributed by atoms with van der Waals surface area (Å²) in [5.74, 6) is 0.556. The number of rotatable bonds is 7. The predicted octanol–water partition coefficient (Wildman–Crippen LogP) is 2.49. The van der Waals surface area contributed by atoms with Gasteiger partial charge in [0.05, 0.1) is 12.7 Å². The molecule has 4 nitrogen and oxygen atoms in total. The number of halogens is 1. The molecule has 0 fully saturated rings. The highest BCUT2D eigenvalue weighted by Crippen LogP contribution is 2.22. The molecule has 0 aliphatic heterocycles. The Kier molecular flexibility index (Phi) is 6.67. The molecule has 1 rings (SSSR count). The van der Waals surface area contributed by atoms with Crippen LogP contribution in [0.3, 0.4) is 0 Å². The fourth-order valence-electron chi connectivity index (χ4n) is 1.69. The first-order valence-electron chi connectivity index (χ1n) is 6.31. The van der Waals surface area contributed by atoms with Gasteiger partial charge in [-0.1, -0.05) is 18.5 Å². The third kappa shape index (κ3) is 5.09. The van der Waals surface area contributed by atoms with Crippen LogP contribution in [-0.4, -0.2) is 31.3 Å². The molecule has 0 saturated heterocycles. The molecule has 106 valence electrons. The lowest BCUT2D eigenvalue weighted by atomic mass is 10.1. The molecule has 1 unspecified atom stereocenters. The van der Waals surface area contributed by atoms with Gasteiger partial charge >= 0.3 is 0 Å². The second kappa shape index (κ2) is 8.02. The molecule has 0 radical (unpaired) electrons. The average molecular weight is 286 g/mol. The van der Waals surface area contributed by atoms with Crippen LogP contribution in [0.25, 0.3) is 0 Å². The second-order valence-corrected chi connectivity index (χ2v) is 4.97. The van der Waals surface area contributed by atoms with Gasteiger partial charge < -0.3 is 15.2 Å². The van der Waals surface area contributed by atoms with Gasteiger partial charge in [-0.3, -0.25) is 4.79 Å². The first-order valence-corrected chi connectivity index (χ1v) is 6.69. The lowest BCUT2D eigenvalue weighted by molar-refractivity contribution is 0.0949. The van der Waals surface area contributed by atoms with Crippen molar-refractivity contribution in [1.82, 2.24) is 5.32 Å². The topological polar surface area (TPSA) is 58.6 Å². The van der Waals surface area contributed by atoms with Crippen molar-refractivity contribution < 1.29 is 14.6 Å². The molecule has 19 heavy (non-hydrogen) atoms. The van der Waals surface area contributed by atoms with Crippen LogP contribution in [-0.2, 0) is 0 Å². The molecule has 0 aliphatic carbocycles. The second-order valence-electron chi connectivity index (χ2n) is 4.53. The summed E-state index contributed by atoms with van der Waals surface area (Å²) in [4.78, 5) is 12.0. The van der Waals surface area contributed by atoms with Crippen LogP contribution >= 0.6 is 11.6 Å². The van der Waals surface area contributed by atoms with Gasteiger partial charge in [-0.25, -0.2) is 0 Å². The summed E-state index contributed by atoms with van der Waals surface area (Å²) in [6, 6.07) is 4.92. The Morgan fingerprint density at radius 3 is 2.89 bits per heavy atom. The Labute approximate surface area is 118 Å². The minimum absolute atomic E-state index is 0.176. The molecule has 0 spiro atoms. The molecule has 0 aliphatic rings. The number of nitrogens with one attached hydrogen (secondary N) is 1. The minimum atomic E-state index is -0.176. The number of aliphatic hydroxyl groups is 1. The van der Waals surface area contributed by atoms with E-state index in [4.69, 9.17) is 21.4 Å².